The number of benzene rings is 2. The average molecular weight is 557 g/mol. The highest BCUT2D eigenvalue weighted by Gasteiger charge is 2.65. The molecule has 3 aliphatic rings. The van der Waals surface area contributed by atoms with Crippen molar-refractivity contribution in [2.24, 2.45) is 15.7 Å². The number of fused-ring (bicyclic) bond motifs is 1. The molecule has 11 heteroatoms. The number of hydrogen-bond acceptors (Lipinski definition) is 2. The number of hydrogen-bond donors (Lipinski definition) is 0. The van der Waals surface area contributed by atoms with Crippen LogP contribution in [0.25, 0.3) is 22.0 Å². The van der Waals surface area contributed by atoms with Gasteiger partial charge >= 0.3 is 6.18 Å². The summed E-state index contributed by atoms with van der Waals surface area (Å²) in [7, 11) is -4.25. The molecule has 38 heavy (non-hydrogen) atoms. The van der Waals surface area contributed by atoms with Crippen LogP contribution in [0.5, 0.6) is 0 Å². The third-order valence-electron chi connectivity index (χ3n) is 7.37. The van der Waals surface area contributed by atoms with Crippen LogP contribution < -0.4 is 0 Å². The summed E-state index contributed by atoms with van der Waals surface area (Å²) in [5.41, 5.74) is -3.23. The zero-order chi connectivity index (χ0) is 27.8. The normalized spacial score (nSPS) is 22.1. The summed E-state index contributed by atoms with van der Waals surface area (Å²) >= 11 is 0. The van der Waals surface area contributed by atoms with Crippen LogP contribution in [0.2, 0.25) is 0 Å². The first-order chi connectivity index (χ1) is 17.5. The summed E-state index contributed by atoms with van der Waals surface area (Å²) < 4.78 is 115. The molecular formula is C27H26F6N2O2S. The summed E-state index contributed by atoms with van der Waals surface area (Å²) in [4.78, 5) is 0. The van der Waals surface area contributed by atoms with Gasteiger partial charge in [-0.1, -0.05) is 39.0 Å². The molecule has 2 aromatic carbocycles. The van der Waals surface area contributed by atoms with Crippen molar-refractivity contribution in [1.29, 1.82) is 0 Å². The summed E-state index contributed by atoms with van der Waals surface area (Å²) in [5, 5.41) is -0.0492. The molecule has 3 aromatic rings. The van der Waals surface area contributed by atoms with Gasteiger partial charge in [-0.25, -0.2) is 21.6 Å². The van der Waals surface area contributed by atoms with E-state index >= 15 is 4.39 Å². The Morgan fingerprint density at radius 3 is 2.24 bits per heavy atom. The number of sulfonamides is 1. The van der Waals surface area contributed by atoms with Crippen LogP contribution >= 0.6 is 0 Å². The lowest BCUT2D eigenvalue weighted by Gasteiger charge is -2.59. The molecule has 1 aromatic heterocycles. The van der Waals surface area contributed by atoms with Gasteiger partial charge in [-0.15, -0.1) is 0 Å². The van der Waals surface area contributed by atoms with E-state index in [0.717, 1.165) is 18.2 Å². The van der Waals surface area contributed by atoms with Gasteiger partial charge in [0.1, 0.15) is 11.5 Å². The molecule has 2 bridgehead atoms. The first-order valence-electron chi connectivity index (χ1n) is 12.1. The lowest BCUT2D eigenvalue weighted by molar-refractivity contribution is -0.137. The van der Waals surface area contributed by atoms with Crippen molar-refractivity contribution in [3.63, 3.8) is 0 Å². The predicted octanol–water partition coefficient (Wildman–Crippen LogP) is 7.45. The molecule has 3 saturated carbocycles. The van der Waals surface area contributed by atoms with E-state index in [0.29, 0.717) is 19.3 Å². The van der Waals surface area contributed by atoms with E-state index in [4.69, 9.17) is 0 Å². The second-order valence-corrected chi connectivity index (χ2v) is 13.5. The largest absolute Gasteiger partial charge is 0.417 e. The molecule has 3 aliphatic carbocycles. The van der Waals surface area contributed by atoms with Crippen molar-refractivity contribution in [1.82, 2.24) is 4.57 Å². The smallest absolute Gasteiger partial charge is 0.346 e. The van der Waals surface area contributed by atoms with Crippen LogP contribution in [0.15, 0.2) is 47.0 Å². The Morgan fingerprint density at radius 2 is 1.71 bits per heavy atom. The molecule has 3 fully saturated rings. The standard InChI is InChI=1S/C27H26F6N2O2S/c1-25(2,3)14-35-13-19(23(24(29)30)34-38(36,37)26-10-15(11-26)12-26)18-8-21(28)17(9-22(18)35)16-6-4-5-7-20(16)27(31,32)33/h4-9,13,15,24H,10-12,14H2,1-3H3/b34-23+. The number of nitrogens with zero attached hydrogens (tertiary/aromatic N) is 2. The van der Waals surface area contributed by atoms with Crippen LogP contribution in [0.3, 0.4) is 0 Å². The Morgan fingerprint density at radius 1 is 1.08 bits per heavy atom. The molecule has 204 valence electrons. The van der Waals surface area contributed by atoms with E-state index in [1.165, 1.54) is 29.0 Å². The summed E-state index contributed by atoms with van der Waals surface area (Å²) in [6.07, 6.45) is -5.58. The van der Waals surface area contributed by atoms with Gasteiger partial charge in [0.2, 0.25) is 0 Å². The Balaban J connectivity index is 1.74. The van der Waals surface area contributed by atoms with Crippen molar-refractivity contribution in [3.05, 3.63) is 59.5 Å². The molecule has 1 heterocycles. The third-order valence-corrected chi connectivity index (χ3v) is 9.40. The highest BCUT2D eigenvalue weighted by molar-refractivity contribution is 7.91. The van der Waals surface area contributed by atoms with Gasteiger partial charge in [0.05, 0.1) is 10.3 Å². The van der Waals surface area contributed by atoms with E-state index in [1.54, 1.807) is 0 Å². The maximum absolute atomic E-state index is 15.4. The van der Waals surface area contributed by atoms with Crippen LogP contribution in [0.4, 0.5) is 26.3 Å². The van der Waals surface area contributed by atoms with E-state index in [1.807, 2.05) is 20.8 Å². The number of aromatic nitrogens is 1. The minimum atomic E-state index is -4.75. The van der Waals surface area contributed by atoms with Gasteiger partial charge < -0.3 is 4.57 Å². The molecule has 4 nitrogen and oxygen atoms in total. The maximum atomic E-state index is 15.4. The molecular weight excluding hydrogens is 530 g/mol. The Kier molecular flexibility index (Phi) is 6.05. The molecule has 0 saturated heterocycles. The van der Waals surface area contributed by atoms with Crippen LogP contribution in [-0.4, -0.2) is 29.9 Å². The molecule has 0 unspecified atom stereocenters. The highest BCUT2D eigenvalue weighted by Crippen LogP contribution is 2.62. The van der Waals surface area contributed by atoms with Crippen LogP contribution in [0, 0.1) is 17.2 Å². The van der Waals surface area contributed by atoms with Gasteiger partial charge in [-0.2, -0.15) is 17.6 Å². The van der Waals surface area contributed by atoms with E-state index < -0.39 is 55.4 Å². The van der Waals surface area contributed by atoms with Crippen LogP contribution in [-0.2, 0) is 22.7 Å². The van der Waals surface area contributed by atoms with Gasteiger partial charge in [0, 0.05) is 34.8 Å². The number of rotatable bonds is 6. The molecule has 0 atom stereocenters. The van der Waals surface area contributed by atoms with Crippen molar-refractivity contribution in [2.75, 3.05) is 0 Å². The Bertz CT molecular complexity index is 1550. The van der Waals surface area contributed by atoms with Crippen molar-refractivity contribution in [3.8, 4) is 11.1 Å². The Labute approximate surface area is 216 Å². The van der Waals surface area contributed by atoms with Crippen molar-refractivity contribution >= 4 is 26.6 Å². The fourth-order valence-electron chi connectivity index (χ4n) is 5.48. The third kappa shape index (κ3) is 4.42. The first kappa shape index (κ1) is 26.8. The quantitative estimate of drug-likeness (QED) is 0.234. The molecule has 6 rings (SSSR count). The fraction of sp³-hybridized carbons (Fsp3) is 0.444. The maximum Gasteiger partial charge on any atom is 0.417 e. The zero-order valence-corrected chi connectivity index (χ0v) is 21.7. The van der Waals surface area contributed by atoms with E-state index in [9.17, 15) is 30.4 Å². The van der Waals surface area contributed by atoms with Gasteiger partial charge in [-0.05, 0) is 54.4 Å². The fourth-order valence-corrected chi connectivity index (χ4v) is 7.44. The molecule has 0 radical (unpaired) electrons. The highest BCUT2D eigenvalue weighted by atomic mass is 32.2. The number of halogens is 6. The molecule has 0 N–H and O–H groups in total. The first-order valence-corrected chi connectivity index (χ1v) is 13.6. The monoisotopic (exact) mass is 556 g/mol. The SMILES string of the molecule is CC(C)(C)Cn1cc(/C(=N\S(=O)(=O)C23CC(C2)C3)C(F)F)c2cc(F)c(-c3ccccc3C(F)(F)F)cc21. The molecule has 0 spiro atoms. The predicted molar refractivity (Wildman–Crippen MR) is 133 cm³/mol. The van der Waals surface area contributed by atoms with Crippen LogP contribution in [0.1, 0.15) is 51.2 Å². The van der Waals surface area contributed by atoms with E-state index in [2.05, 4.69) is 4.40 Å². The lowest BCUT2D eigenvalue weighted by Crippen LogP contribution is -2.62. The van der Waals surface area contributed by atoms with Crippen molar-refractivity contribution in [2.45, 2.75) is 63.9 Å². The molecule has 0 amide bonds. The van der Waals surface area contributed by atoms with Gasteiger partial charge in [0.25, 0.3) is 16.4 Å². The lowest BCUT2D eigenvalue weighted by atomic mass is 9.55. The van der Waals surface area contributed by atoms with Gasteiger partial charge in [0.15, 0.2) is 0 Å². The Hall–Kier alpha value is -2.82. The summed E-state index contributed by atoms with van der Waals surface area (Å²) in [5.74, 6) is -0.782. The van der Waals surface area contributed by atoms with E-state index in [-0.39, 0.29) is 34.5 Å². The van der Waals surface area contributed by atoms with Gasteiger partial charge in [-0.3, -0.25) is 0 Å². The topological polar surface area (TPSA) is 51.4 Å². The number of alkyl halides is 5. The minimum absolute atomic E-state index is 0.0492. The minimum Gasteiger partial charge on any atom is -0.346 e. The van der Waals surface area contributed by atoms with Crippen molar-refractivity contribution < 1.29 is 34.8 Å². The summed E-state index contributed by atoms with van der Waals surface area (Å²) in [6.45, 7) is 5.86. The second-order valence-electron chi connectivity index (χ2n) is 11.5. The second kappa shape index (κ2) is 8.59. The average Bonchev–Trinajstić information content (AvgIpc) is 3.03. The molecule has 0 aliphatic heterocycles. The zero-order valence-electron chi connectivity index (χ0n) is 20.9. The summed E-state index contributed by atoms with van der Waals surface area (Å²) in [6, 6.07) is 6.62.